The van der Waals surface area contributed by atoms with Crippen molar-refractivity contribution in [2.75, 3.05) is 0 Å². The molecule has 1 aromatic heterocycles. The SMILES string of the molecule is Cc1[nH]cnc1CNC1CCC1(C)C. The molecule has 0 amide bonds. The molecule has 3 nitrogen and oxygen atoms in total. The van der Waals surface area contributed by atoms with Crippen molar-refractivity contribution in [3.63, 3.8) is 0 Å². The van der Waals surface area contributed by atoms with Gasteiger partial charge in [-0.3, -0.25) is 0 Å². The average molecular weight is 193 g/mol. The molecule has 1 aliphatic rings. The second-order valence-electron chi connectivity index (χ2n) is 4.93. The molecule has 0 saturated heterocycles. The number of H-pyrrole nitrogens is 1. The van der Waals surface area contributed by atoms with Crippen LogP contribution in [0.1, 0.15) is 38.1 Å². The molecule has 1 atom stereocenters. The zero-order valence-corrected chi connectivity index (χ0v) is 9.22. The smallest absolute Gasteiger partial charge is 0.0925 e. The minimum Gasteiger partial charge on any atom is -0.348 e. The highest BCUT2D eigenvalue weighted by Crippen LogP contribution is 2.39. The van der Waals surface area contributed by atoms with E-state index in [1.807, 2.05) is 0 Å². The van der Waals surface area contributed by atoms with Crippen molar-refractivity contribution in [3.8, 4) is 0 Å². The summed E-state index contributed by atoms with van der Waals surface area (Å²) in [6, 6.07) is 0.665. The molecular formula is C11H19N3. The molecule has 1 unspecified atom stereocenters. The van der Waals surface area contributed by atoms with Gasteiger partial charge in [0.25, 0.3) is 0 Å². The topological polar surface area (TPSA) is 40.7 Å². The van der Waals surface area contributed by atoms with Gasteiger partial charge in [0.1, 0.15) is 0 Å². The van der Waals surface area contributed by atoms with E-state index in [0.29, 0.717) is 11.5 Å². The van der Waals surface area contributed by atoms with Crippen LogP contribution < -0.4 is 5.32 Å². The van der Waals surface area contributed by atoms with E-state index in [9.17, 15) is 0 Å². The molecule has 78 valence electrons. The van der Waals surface area contributed by atoms with Gasteiger partial charge in [0.2, 0.25) is 0 Å². The number of nitrogens with zero attached hydrogens (tertiary/aromatic N) is 1. The fraction of sp³-hybridized carbons (Fsp3) is 0.727. The third-order valence-corrected chi connectivity index (χ3v) is 3.47. The van der Waals surface area contributed by atoms with Crippen molar-refractivity contribution in [3.05, 3.63) is 17.7 Å². The largest absolute Gasteiger partial charge is 0.348 e. The second kappa shape index (κ2) is 3.39. The number of hydrogen-bond donors (Lipinski definition) is 2. The summed E-state index contributed by atoms with van der Waals surface area (Å²) in [6.07, 6.45) is 4.40. The van der Waals surface area contributed by atoms with Gasteiger partial charge in [-0.1, -0.05) is 13.8 Å². The van der Waals surface area contributed by atoms with Gasteiger partial charge in [-0.25, -0.2) is 4.98 Å². The summed E-state index contributed by atoms with van der Waals surface area (Å²) >= 11 is 0. The molecular weight excluding hydrogens is 174 g/mol. The van der Waals surface area contributed by atoms with Gasteiger partial charge in [-0.2, -0.15) is 0 Å². The van der Waals surface area contributed by atoms with E-state index < -0.39 is 0 Å². The summed E-state index contributed by atoms with van der Waals surface area (Å²) in [6.45, 7) is 7.61. The predicted molar refractivity (Wildman–Crippen MR) is 57.0 cm³/mol. The van der Waals surface area contributed by atoms with Gasteiger partial charge in [0.15, 0.2) is 0 Å². The first-order chi connectivity index (χ1) is 6.59. The van der Waals surface area contributed by atoms with Crippen molar-refractivity contribution < 1.29 is 0 Å². The number of aromatic nitrogens is 2. The van der Waals surface area contributed by atoms with Gasteiger partial charge in [-0.05, 0) is 25.2 Å². The van der Waals surface area contributed by atoms with Crippen LogP contribution in [0, 0.1) is 12.3 Å². The maximum absolute atomic E-state index is 4.28. The highest BCUT2D eigenvalue weighted by molar-refractivity contribution is 5.09. The van der Waals surface area contributed by atoms with Gasteiger partial charge in [0, 0.05) is 18.3 Å². The predicted octanol–water partition coefficient (Wildman–Crippen LogP) is 2.00. The van der Waals surface area contributed by atoms with Crippen LogP contribution in [-0.4, -0.2) is 16.0 Å². The number of rotatable bonds is 3. The third-order valence-electron chi connectivity index (χ3n) is 3.47. The van der Waals surface area contributed by atoms with Crippen LogP contribution in [0.3, 0.4) is 0 Å². The van der Waals surface area contributed by atoms with Crippen molar-refractivity contribution in [2.45, 2.75) is 46.2 Å². The number of imidazole rings is 1. The molecule has 1 aliphatic carbocycles. The van der Waals surface area contributed by atoms with Gasteiger partial charge >= 0.3 is 0 Å². The number of aryl methyl sites for hydroxylation is 1. The van der Waals surface area contributed by atoms with Crippen molar-refractivity contribution in [2.24, 2.45) is 5.41 Å². The summed E-state index contributed by atoms with van der Waals surface area (Å²) in [5, 5.41) is 3.57. The minimum absolute atomic E-state index is 0.476. The Morgan fingerprint density at radius 3 is 2.86 bits per heavy atom. The van der Waals surface area contributed by atoms with E-state index in [1.54, 1.807) is 6.33 Å². The summed E-state index contributed by atoms with van der Waals surface area (Å²) < 4.78 is 0. The van der Waals surface area contributed by atoms with E-state index in [1.165, 1.54) is 18.5 Å². The molecule has 14 heavy (non-hydrogen) atoms. The first-order valence-corrected chi connectivity index (χ1v) is 5.32. The fourth-order valence-corrected chi connectivity index (χ4v) is 2.03. The lowest BCUT2D eigenvalue weighted by Crippen LogP contribution is -2.49. The molecule has 1 fully saturated rings. The molecule has 0 aliphatic heterocycles. The maximum atomic E-state index is 4.28. The Bertz CT molecular complexity index is 314. The molecule has 0 radical (unpaired) electrons. The van der Waals surface area contributed by atoms with Gasteiger partial charge in [-0.15, -0.1) is 0 Å². The molecule has 2 N–H and O–H groups in total. The standard InChI is InChI=1S/C11H19N3/c1-8-9(14-7-13-8)6-12-10-4-5-11(10,2)3/h7,10,12H,4-6H2,1-3H3,(H,13,14). The Morgan fingerprint density at radius 1 is 1.64 bits per heavy atom. The zero-order valence-electron chi connectivity index (χ0n) is 9.22. The molecule has 1 aromatic rings. The number of aromatic amines is 1. The zero-order chi connectivity index (χ0) is 10.2. The average Bonchev–Trinajstić information content (AvgIpc) is 2.50. The minimum atomic E-state index is 0.476. The van der Waals surface area contributed by atoms with E-state index in [4.69, 9.17) is 0 Å². The molecule has 1 heterocycles. The van der Waals surface area contributed by atoms with Crippen molar-refractivity contribution in [1.82, 2.24) is 15.3 Å². The molecule has 0 bridgehead atoms. The summed E-state index contributed by atoms with van der Waals surface area (Å²) in [4.78, 5) is 7.37. The Labute approximate surface area is 85.3 Å². The summed E-state index contributed by atoms with van der Waals surface area (Å²) in [7, 11) is 0. The van der Waals surface area contributed by atoms with E-state index in [2.05, 4.69) is 36.1 Å². The molecule has 2 rings (SSSR count). The normalized spacial score (nSPS) is 24.6. The fourth-order valence-electron chi connectivity index (χ4n) is 2.03. The van der Waals surface area contributed by atoms with Crippen molar-refractivity contribution >= 4 is 0 Å². The highest BCUT2D eigenvalue weighted by atomic mass is 15.0. The number of nitrogens with one attached hydrogen (secondary N) is 2. The Morgan fingerprint density at radius 2 is 2.43 bits per heavy atom. The lowest BCUT2D eigenvalue weighted by Gasteiger charge is -2.45. The Hall–Kier alpha value is -0.830. The first-order valence-electron chi connectivity index (χ1n) is 5.32. The van der Waals surface area contributed by atoms with Crippen LogP contribution in [-0.2, 0) is 6.54 Å². The van der Waals surface area contributed by atoms with Gasteiger partial charge in [0.05, 0.1) is 12.0 Å². The Balaban J connectivity index is 1.87. The van der Waals surface area contributed by atoms with E-state index >= 15 is 0 Å². The quantitative estimate of drug-likeness (QED) is 0.770. The number of hydrogen-bond acceptors (Lipinski definition) is 2. The summed E-state index contributed by atoms with van der Waals surface area (Å²) in [5.74, 6) is 0. The van der Waals surface area contributed by atoms with E-state index in [-0.39, 0.29) is 0 Å². The lowest BCUT2D eigenvalue weighted by molar-refractivity contribution is 0.107. The molecule has 3 heteroatoms. The van der Waals surface area contributed by atoms with Crippen molar-refractivity contribution in [1.29, 1.82) is 0 Å². The van der Waals surface area contributed by atoms with Crippen LogP contribution in [0.25, 0.3) is 0 Å². The van der Waals surface area contributed by atoms with Crippen LogP contribution >= 0.6 is 0 Å². The van der Waals surface area contributed by atoms with Crippen LogP contribution in [0.15, 0.2) is 6.33 Å². The van der Waals surface area contributed by atoms with Crippen LogP contribution in [0.5, 0.6) is 0 Å². The van der Waals surface area contributed by atoms with Gasteiger partial charge < -0.3 is 10.3 Å². The lowest BCUT2D eigenvalue weighted by atomic mass is 9.67. The monoisotopic (exact) mass is 193 g/mol. The molecule has 0 aromatic carbocycles. The highest BCUT2D eigenvalue weighted by Gasteiger charge is 2.37. The second-order valence-corrected chi connectivity index (χ2v) is 4.93. The maximum Gasteiger partial charge on any atom is 0.0925 e. The van der Waals surface area contributed by atoms with Crippen LogP contribution in [0.2, 0.25) is 0 Å². The first kappa shape index (κ1) is 9.71. The van der Waals surface area contributed by atoms with E-state index in [0.717, 1.165) is 12.2 Å². The third kappa shape index (κ3) is 1.69. The molecule has 1 saturated carbocycles. The Kier molecular flexibility index (Phi) is 2.35. The molecule has 0 spiro atoms. The summed E-state index contributed by atoms with van der Waals surface area (Å²) in [5.41, 5.74) is 2.80. The van der Waals surface area contributed by atoms with Crippen LogP contribution in [0.4, 0.5) is 0 Å².